The third kappa shape index (κ3) is 2.44. The summed E-state index contributed by atoms with van der Waals surface area (Å²) < 4.78 is 8.93. The molecule has 0 unspecified atom stereocenters. The zero-order valence-electron chi connectivity index (χ0n) is 12.5. The van der Waals surface area contributed by atoms with Crippen LogP contribution in [0.25, 0.3) is 0 Å². The Morgan fingerprint density at radius 1 is 1.48 bits per heavy atom. The average molecular weight is 289 g/mol. The second-order valence-electron chi connectivity index (χ2n) is 5.37. The summed E-state index contributed by atoms with van der Waals surface area (Å²) in [5.41, 5.74) is 2.58. The van der Waals surface area contributed by atoms with Gasteiger partial charge >= 0.3 is 0 Å². The Labute approximate surface area is 123 Å². The third-order valence-electron chi connectivity index (χ3n) is 3.89. The molecule has 3 rings (SSSR count). The third-order valence-corrected chi connectivity index (χ3v) is 3.89. The number of carbonyl (C=O) groups excluding carboxylic acids is 1. The molecule has 2 aromatic heterocycles. The highest BCUT2D eigenvalue weighted by molar-refractivity contribution is 5.92. The first-order valence-electron chi connectivity index (χ1n) is 6.88. The molecule has 0 aromatic carbocycles. The molecule has 1 atom stereocenters. The van der Waals surface area contributed by atoms with Gasteiger partial charge < -0.3 is 14.2 Å². The monoisotopic (exact) mass is 289 g/mol. The van der Waals surface area contributed by atoms with Crippen LogP contribution >= 0.6 is 0 Å². The van der Waals surface area contributed by atoms with E-state index in [1.807, 2.05) is 11.6 Å². The molecule has 0 saturated heterocycles. The molecule has 3 heterocycles. The number of methoxy groups -OCH3 is 1. The summed E-state index contributed by atoms with van der Waals surface area (Å²) in [6.45, 7) is 1.00. The Hall–Kier alpha value is -2.15. The highest BCUT2D eigenvalue weighted by atomic mass is 16.5. The van der Waals surface area contributed by atoms with Crippen LogP contribution in [0.1, 0.15) is 21.9 Å². The minimum atomic E-state index is -0.0750. The molecule has 0 radical (unpaired) electrons. The number of hydrogen-bond donors (Lipinski definition) is 0. The summed E-state index contributed by atoms with van der Waals surface area (Å²) in [6.07, 6.45) is 4.32. The SMILES string of the molecule is COC[C@H]1Cc2c(ncn2C)CN1C(=O)c1ccn(C)n1. The number of carbonyl (C=O) groups is 1. The van der Waals surface area contributed by atoms with Crippen LogP contribution in [-0.4, -0.2) is 49.9 Å². The second kappa shape index (κ2) is 5.33. The highest BCUT2D eigenvalue weighted by Gasteiger charge is 2.33. The summed E-state index contributed by atoms with van der Waals surface area (Å²) in [5.74, 6) is -0.0750. The quantitative estimate of drug-likeness (QED) is 0.819. The number of amides is 1. The molecule has 112 valence electrons. The van der Waals surface area contributed by atoms with Gasteiger partial charge in [0.2, 0.25) is 0 Å². The van der Waals surface area contributed by atoms with Gasteiger partial charge in [-0.3, -0.25) is 9.48 Å². The van der Waals surface area contributed by atoms with Crippen molar-refractivity contribution in [2.24, 2.45) is 14.1 Å². The van der Waals surface area contributed by atoms with Gasteiger partial charge in [0.15, 0.2) is 0 Å². The van der Waals surface area contributed by atoms with Crippen molar-refractivity contribution in [2.45, 2.75) is 19.0 Å². The number of ether oxygens (including phenoxy) is 1. The molecule has 1 aliphatic rings. The van der Waals surface area contributed by atoms with Crippen LogP contribution in [0.15, 0.2) is 18.6 Å². The summed E-state index contributed by atoms with van der Waals surface area (Å²) in [7, 11) is 5.44. The van der Waals surface area contributed by atoms with Gasteiger partial charge in [0.05, 0.1) is 31.2 Å². The molecule has 0 fully saturated rings. The van der Waals surface area contributed by atoms with Gasteiger partial charge in [-0.05, 0) is 6.07 Å². The maximum atomic E-state index is 12.7. The molecule has 0 saturated carbocycles. The van der Waals surface area contributed by atoms with E-state index in [0.29, 0.717) is 18.8 Å². The minimum Gasteiger partial charge on any atom is -0.383 e. The molecule has 7 heteroatoms. The van der Waals surface area contributed by atoms with Crippen LogP contribution in [-0.2, 0) is 31.8 Å². The van der Waals surface area contributed by atoms with Crippen molar-refractivity contribution in [3.8, 4) is 0 Å². The molecule has 21 heavy (non-hydrogen) atoms. The van der Waals surface area contributed by atoms with E-state index in [-0.39, 0.29) is 11.9 Å². The Morgan fingerprint density at radius 2 is 2.29 bits per heavy atom. The zero-order valence-corrected chi connectivity index (χ0v) is 12.5. The minimum absolute atomic E-state index is 0.00686. The lowest BCUT2D eigenvalue weighted by Crippen LogP contribution is -2.47. The summed E-state index contributed by atoms with van der Waals surface area (Å²) in [6, 6.07) is 1.74. The van der Waals surface area contributed by atoms with E-state index in [4.69, 9.17) is 4.74 Å². The van der Waals surface area contributed by atoms with Crippen molar-refractivity contribution >= 4 is 5.91 Å². The van der Waals surface area contributed by atoms with Crippen molar-refractivity contribution in [3.63, 3.8) is 0 Å². The maximum absolute atomic E-state index is 12.7. The first kappa shape index (κ1) is 13.8. The number of fused-ring (bicyclic) bond motifs is 1. The topological polar surface area (TPSA) is 65.2 Å². The number of rotatable bonds is 3. The molecular formula is C14H19N5O2. The van der Waals surface area contributed by atoms with E-state index in [0.717, 1.165) is 12.1 Å². The largest absolute Gasteiger partial charge is 0.383 e. The van der Waals surface area contributed by atoms with Gasteiger partial charge in [-0.15, -0.1) is 0 Å². The van der Waals surface area contributed by atoms with E-state index in [1.54, 1.807) is 42.3 Å². The van der Waals surface area contributed by atoms with Gasteiger partial charge in [-0.2, -0.15) is 5.10 Å². The number of hydrogen-bond acceptors (Lipinski definition) is 4. The molecule has 0 N–H and O–H groups in total. The lowest BCUT2D eigenvalue weighted by atomic mass is 10.0. The standard InChI is InChI=1S/C14H19N5O2/c1-17-9-15-12-7-19(10(8-21-3)6-13(12)17)14(20)11-4-5-18(2)16-11/h4-5,9-10H,6-8H2,1-3H3/t10-/m1/s1. The molecule has 1 amide bonds. The first-order valence-corrected chi connectivity index (χ1v) is 6.88. The maximum Gasteiger partial charge on any atom is 0.275 e. The van der Waals surface area contributed by atoms with Crippen molar-refractivity contribution < 1.29 is 9.53 Å². The van der Waals surface area contributed by atoms with E-state index >= 15 is 0 Å². The van der Waals surface area contributed by atoms with Crippen LogP contribution in [0, 0.1) is 0 Å². The lowest BCUT2D eigenvalue weighted by molar-refractivity contribution is 0.0462. The fraction of sp³-hybridized carbons (Fsp3) is 0.500. The van der Waals surface area contributed by atoms with Crippen LogP contribution in [0.5, 0.6) is 0 Å². The Bertz CT molecular complexity index is 660. The van der Waals surface area contributed by atoms with E-state index in [1.165, 1.54) is 5.69 Å². The molecule has 0 bridgehead atoms. The highest BCUT2D eigenvalue weighted by Crippen LogP contribution is 2.23. The molecular weight excluding hydrogens is 270 g/mol. The number of nitrogens with zero attached hydrogens (tertiary/aromatic N) is 5. The van der Waals surface area contributed by atoms with Gasteiger partial charge in [-0.1, -0.05) is 0 Å². The van der Waals surface area contributed by atoms with Crippen molar-refractivity contribution in [3.05, 3.63) is 35.7 Å². The summed E-state index contributed by atoms with van der Waals surface area (Å²) in [4.78, 5) is 18.9. The smallest absolute Gasteiger partial charge is 0.275 e. The predicted molar refractivity (Wildman–Crippen MR) is 75.7 cm³/mol. The zero-order chi connectivity index (χ0) is 15.0. The van der Waals surface area contributed by atoms with Gasteiger partial charge in [-0.25, -0.2) is 4.98 Å². The van der Waals surface area contributed by atoms with Crippen LogP contribution < -0.4 is 0 Å². The lowest BCUT2D eigenvalue weighted by Gasteiger charge is -2.34. The fourth-order valence-electron chi connectivity index (χ4n) is 2.78. The van der Waals surface area contributed by atoms with Gasteiger partial charge in [0.1, 0.15) is 5.69 Å². The van der Waals surface area contributed by atoms with Crippen molar-refractivity contribution in [1.82, 2.24) is 24.2 Å². The molecule has 0 aliphatic carbocycles. The first-order chi connectivity index (χ1) is 10.1. The Balaban J connectivity index is 1.90. The normalized spacial score (nSPS) is 17.9. The molecule has 0 spiro atoms. The van der Waals surface area contributed by atoms with Crippen LogP contribution in [0.3, 0.4) is 0 Å². The molecule has 7 nitrogen and oxygen atoms in total. The van der Waals surface area contributed by atoms with Crippen LogP contribution in [0.2, 0.25) is 0 Å². The summed E-state index contributed by atoms with van der Waals surface area (Å²) >= 11 is 0. The fourth-order valence-corrected chi connectivity index (χ4v) is 2.78. The van der Waals surface area contributed by atoms with Crippen molar-refractivity contribution in [1.29, 1.82) is 0 Å². The number of aromatic nitrogens is 4. The number of imidazole rings is 1. The van der Waals surface area contributed by atoms with Gasteiger partial charge in [0, 0.05) is 39.5 Å². The number of aryl methyl sites for hydroxylation is 2. The predicted octanol–water partition coefficient (Wildman–Crippen LogP) is 0.367. The molecule has 2 aromatic rings. The average Bonchev–Trinajstić information content (AvgIpc) is 3.05. The van der Waals surface area contributed by atoms with Crippen molar-refractivity contribution in [2.75, 3.05) is 13.7 Å². The van der Waals surface area contributed by atoms with Crippen LogP contribution in [0.4, 0.5) is 0 Å². The summed E-state index contributed by atoms with van der Waals surface area (Å²) in [5, 5.41) is 4.20. The van der Waals surface area contributed by atoms with E-state index < -0.39 is 0 Å². The second-order valence-corrected chi connectivity index (χ2v) is 5.37. The van der Waals surface area contributed by atoms with E-state index in [9.17, 15) is 4.79 Å². The Kier molecular flexibility index (Phi) is 3.50. The Morgan fingerprint density at radius 3 is 2.95 bits per heavy atom. The molecule has 1 aliphatic heterocycles. The van der Waals surface area contributed by atoms with E-state index in [2.05, 4.69) is 10.1 Å². The van der Waals surface area contributed by atoms with Gasteiger partial charge in [0.25, 0.3) is 5.91 Å².